The molecule has 3 aromatic heterocycles. The number of rotatable bonds is 6. The molecule has 3 heterocycles. The van der Waals surface area contributed by atoms with Gasteiger partial charge in [0.1, 0.15) is 4.83 Å². The summed E-state index contributed by atoms with van der Waals surface area (Å²) < 4.78 is 1.50. The molecule has 1 N–H and O–H groups in total. The second kappa shape index (κ2) is 8.43. The van der Waals surface area contributed by atoms with E-state index in [0.29, 0.717) is 37.5 Å². The van der Waals surface area contributed by atoms with Crippen molar-refractivity contribution in [3.8, 4) is 0 Å². The first-order chi connectivity index (χ1) is 12.9. The van der Waals surface area contributed by atoms with Gasteiger partial charge in [0.15, 0.2) is 11.0 Å². The summed E-state index contributed by atoms with van der Waals surface area (Å²) in [4.78, 5) is 34.1. The average molecular weight is 441 g/mol. The van der Waals surface area contributed by atoms with Gasteiger partial charge in [-0.3, -0.25) is 14.2 Å². The van der Waals surface area contributed by atoms with Crippen LogP contribution in [0.5, 0.6) is 0 Å². The summed E-state index contributed by atoms with van der Waals surface area (Å²) in [6.45, 7) is 5.73. The van der Waals surface area contributed by atoms with Crippen molar-refractivity contribution in [1.29, 1.82) is 0 Å². The Bertz CT molecular complexity index is 1090. The number of carbonyl (C=O) groups is 1. The van der Waals surface area contributed by atoms with Gasteiger partial charge in [-0.2, -0.15) is 0 Å². The zero-order valence-corrected chi connectivity index (χ0v) is 17.3. The molecule has 3 rings (SSSR count). The van der Waals surface area contributed by atoms with Crippen LogP contribution >= 0.6 is 46.3 Å². The fourth-order valence-electron chi connectivity index (χ4n) is 2.27. The normalized spacial score (nSPS) is 10.9. The Balaban J connectivity index is 1.79. The number of amides is 1. The molecular formula is C17H14Cl2N4O2S2. The first-order valence-corrected chi connectivity index (χ1v) is 10.4. The van der Waals surface area contributed by atoms with Gasteiger partial charge in [0.25, 0.3) is 5.56 Å². The van der Waals surface area contributed by atoms with E-state index in [1.165, 1.54) is 22.1 Å². The Morgan fingerprint density at radius 3 is 3.00 bits per heavy atom. The molecule has 0 spiro atoms. The molecule has 0 aliphatic heterocycles. The molecule has 3 aromatic rings. The van der Waals surface area contributed by atoms with Crippen molar-refractivity contribution in [2.45, 2.75) is 18.6 Å². The van der Waals surface area contributed by atoms with Crippen LogP contribution in [0.15, 0.2) is 40.2 Å². The van der Waals surface area contributed by atoms with E-state index < -0.39 is 0 Å². The van der Waals surface area contributed by atoms with Crippen molar-refractivity contribution in [2.24, 2.45) is 0 Å². The van der Waals surface area contributed by atoms with Gasteiger partial charge in [-0.25, -0.2) is 9.97 Å². The van der Waals surface area contributed by atoms with E-state index in [2.05, 4.69) is 21.9 Å². The van der Waals surface area contributed by atoms with Crippen molar-refractivity contribution < 1.29 is 4.79 Å². The van der Waals surface area contributed by atoms with Crippen LogP contribution in [0.1, 0.15) is 5.56 Å². The SMILES string of the molecule is C=CCn1c(SCC(=O)Nc2ncc(Cl)c(C)c2Cl)nc2sccc2c1=O. The quantitative estimate of drug-likeness (QED) is 0.349. The van der Waals surface area contributed by atoms with Crippen molar-refractivity contribution in [2.75, 3.05) is 11.1 Å². The Kier molecular flexibility index (Phi) is 6.21. The summed E-state index contributed by atoms with van der Waals surface area (Å²) in [7, 11) is 0. The topological polar surface area (TPSA) is 76.9 Å². The van der Waals surface area contributed by atoms with E-state index in [1.807, 2.05) is 5.38 Å². The Labute approximate surface area is 173 Å². The summed E-state index contributed by atoms with van der Waals surface area (Å²) in [6, 6.07) is 1.74. The number of thioether (sulfide) groups is 1. The maximum atomic E-state index is 12.6. The number of allylic oxidation sites excluding steroid dienone is 1. The van der Waals surface area contributed by atoms with Gasteiger partial charge in [0.2, 0.25) is 5.91 Å². The first-order valence-electron chi connectivity index (χ1n) is 7.74. The number of thiophene rings is 1. The number of fused-ring (bicyclic) bond motifs is 1. The lowest BCUT2D eigenvalue weighted by molar-refractivity contribution is -0.113. The van der Waals surface area contributed by atoms with Crippen molar-refractivity contribution >= 4 is 68.2 Å². The van der Waals surface area contributed by atoms with Gasteiger partial charge < -0.3 is 5.32 Å². The molecule has 0 aromatic carbocycles. The lowest BCUT2D eigenvalue weighted by atomic mass is 10.3. The number of nitrogens with one attached hydrogen (secondary N) is 1. The molecule has 1 amide bonds. The number of hydrogen-bond donors (Lipinski definition) is 1. The Hall–Kier alpha value is -1.87. The molecule has 6 nitrogen and oxygen atoms in total. The predicted molar refractivity (Wildman–Crippen MR) is 112 cm³/mol. The van der Waals surface area contributed by atoms with Gasteiger partial charge >= 0.3 is 0 Å². The zero-order valence-electron chi connectivity index (χ0n) is 14.2. The van der Waals surface area contributed by atoms with E-state index in [1.54, 1.807) is 19.1 Å². The minimum Gasteiger partial charge on any atom is -0.309 e. The number of hydrogen-bond acceptors (Lipinski definition) is 6. The number of pyridine rings is 1. The predicted octanol–water partition coefficient (Wildman–Crippen LogP) is 4.39. The molecule has 0 saturated heterocycles. The minimum atomic E-state index is -0.318. The van der Waals surface area contributed by atoms with Crippen LogP contribution in [-0.2, 0) is 11.3 Å². The number of aromatic nitrogens is 3. The molecule has 0 saturated carbocycles. The lowest BCUT2D eigenvalue weighted by Crippen LogP contribution is -2.23. The summed E-state index contributed by atoms with van der Waals surface area (Å²) in [6.07, 6.45) is 3.05. The summed E-state index contributed by atoms with van der Waals surface area (Å²) in [5, 5.41) is 6.20. The zero-order chi connectivity index (χ0) is 19.6. The fraction of sp³-hybridized carbons (Fsp3) is 0.176. The molecular weight excluding hydrogens is 427 g/mol. The molecule has 140 valence electrons. The average Bonchev–Trinajstić information content (AvgIpc) is 3.12. The van der Waals surface area contributed by atoms with E-state index in [-0.39, 0.29) is 23.0 Å². The van der Waals surface area contributed by atoms with E-state index in [4.69, 9.17) is 23.2 Å². The van der Waals surface area contributed by atoms with Crippen LogP contribution in [0, 0.1) is 6.92 Å². The van der Waals surface area contributed by atoms with Gasteiger partial charge in [0.05, 0.1) is 21.2 Å². The van der Waals surface area contributed by atoms with Crippen LogP contribution < -0.4 is 10.9 Å². The van der Waals surface area contributed by atoms with E-state index in [0.717, 1.165) is 11.8 Å². The van der Waals surface area contributed by atoms with Crippen molar-refractivity contribution in [3.05, 3.63) is 56.3 Å². The fourth-order valence-corrected chi connectivity index (χ4v) is 4.28. The molecule has 0 fully saturated rings. The highest BCUT2D eigenvalue weighted by Crippen LogP contribution is 2.29. The second-order valence-electron chi connectivity index (χ2n) is 5.47. The van der Waals surface area contributed by atoms with E-state index in [9.17, 15) is 9.59 Å². The molecule has 0 aliphatic carbocycles. The lowest BCUT2D eigenvalue weighted by Gasteiger charge is -2.11. The van der Waals surface area contributed by atoms with Crippen molar-refractivity contribution in [1.82, 2.24) is 14.5 Å². The smallest absolute Gasteiger partial charge is 0.263 e. The van der Waals surface area contributed by atoms with Gasteiger partial charge in [-0.05, 0) is 23.9 Å². The monoisotopic (exact) mass is 440 g/mol. The molecule has 10 heteroatoms. The molecule has 0 atom stereocenters. The minimum absolute atomic E-state index is 0.0418. The van der Waals surface area contributed by atoms with Crippen LogP contribution in [-0.4, -0.2) is 26.2 Å². The highest BCUT2D eigenvalue weighted by atomic mass is 35.5. The maximum Gasteiger partial charge on any atom is 0.263 e. The number of anilines is 1. The van der Waals surface area contributed by atoms with Crippen LogP contribution in [0.25, 0.3) is 10.2 Å². The van der Waals surface area contributed by atoms with Gasteiger partial charge in [0, 0.05) is 12.7 Å². The number of nitrogens with zero attached hydrogens (tertiary/aromatic N) is 3. The summed E-state index contributed by atoms with van der Waals surface area (Å²) >= 11 is 14.7. The largest absolute Gasteiger partial charge is 0.309 e. The molecule has 0 radical (unpaired) electrons. The molecule has 0 unspecified atom stereocenters. The van der Waals surface area contributed by atoms with Crippen LogP contribution in [0.2, 0.25) is 10.0 Å². The molecule has 0 aliphatic rings. The maximum absolute atomic E-state index is 12.6. The van der Waals surface area contributed by atoms with Gasteiger partial charge in [-0.1, -0.05) is 41.0 Å². The highest BCUT2D eigenvalue weighted by Gasteiger charge is 2.15. The van der Waals surface area contributed by atoms with Gasteiger partial charge in [-0.15, -0.1) is 17.9 Å². The summed E-state index contributed by atoms with van der Waals surface area (Å²) in [5.41, 5.74) is 0.489. The van der Waals surface area contributed by atoms with Crippen LogP contribution in [0.3, 0.4) is 0 Å². The highest BCUT2D eigenvalue weighted by molar-refractivity contribution is 7.99. The van der Waals surface area contributed by atoms with Crippen LogP contribution in [0.4, 0.5) is 5.82 Å². The Morgan fingerprint density at radius 2 is 2.26 bits per heavy atom. The first kappa shape index (κ1) is 19.9. The number of halogens is 2. The molecule has 0 bridgehead atoms. The second-order valence-corrected chi connectivity index (χ2v) is 8.09. The standard InChI is InChI=1S/C17H14Cl2N4O2S2/c1-3-5-23-16(25)10-4-6-26-15(10)22-17(23)27-8-12(24)21-14-13(19)9(2)11(18)7-20-14/h3-4,6-7H,1,5,8H2,2H3,(H,20,21,24). The molecule has 27 heavy (non-hydrogen) atoms. The van der Waals surface area contributed by atoms with Crippen molar-refractivity contribution in [3.63, 3.8) is 0 Å². The van der Waals surface area contributed by atoms with E-state index >= 15 is 0 Å². The third kappa shape index (κ3) is 4.19. The third-order valence-corrected chi connectivity index (χ3v) is 6.28. The number of carbonyl (C=O) groups excluding carboxylic acids is 1. The third-order valence-electron chi connectivity index (χ3n) is 3.65. The Morgan fingerprint density at radius 1 is 1.48 bits per heavy atom. The summed E-state index contributed by atoms with van der Waals surface area (Å²) in [5.74, 6) is -0.0312.